The number of aliphatic carboxylic acids is 2. The molecule has 1 aromatic heterocycles. The van der Waals surface area contributed by atoms with Crippen LogP contribution in [0, 0.1) is 0 Å². The number of carboxylic acids is 2. The summed E-state index contributed by atoms with van der Waals surface area (Å²) in [6, 6.07) is 10.3. The number of carbonyl (C=O) groups is 2. The Labute approximate surface area is 223 Å². The van der Waals surface area contributed by atoms with Crippen LogP contribution in [-0.4, -0.2) is 72.6 Å². The predicted molar refractivity (Wildman–Crippen MR) is 141 cm³/mol. The molecule has 1 aliphatic rings. The smallest absolute Gasteiger partial charge is 0.328 e. The van der Waals surface area contributed by atoms with Crippen molar-refractivity contribution in [3.63, 3.8) is 0 Å². The number of likely N-dealkylation sites (tertiary alicyclic amines) is 1. The number of methoxy groups -OCH3 is 2. The summed E-state index contributed by atoms with van der Waals surface area (Å²) in [6.45, 7) is 0.813. The normalized spacial score (nSPS) is 17.3. The molecule has 0 spiro atoms. The van der Waals surface area contributed by atoms with Gasteiger partial charge in [-0.15, -0.1) is 0 Å². The highest BCUT2D eigenvalue weighted by Crippen LogP contribution is 2.45. The molecule has 11 heteroatoms. The molecule has 0 amide bonds. The first-order valence-corrected chi connectivity index (χ1v) is 11.9. The van der Waals surface area contributed by atoms with E-state index in [9.17, 15) is 19.5 Å². The molecule has 1 fully saturated rings. The van der Waals surface area contributed by atoms with Crippen LogP contribution in [0.5, 0.6) is 11.5 Å². The maximum atomic E-state index is 13.2. The SMILES string of the molecule is COc1cc(OC)c2c(=O)cc(-c3ccccc3Cl)oc2c1[C@@H]1CCN(C)[C@H]1CO.O=C(O)C=CC(=O)O. The van der Waals surface area contributed by atoms with Crippen LogP contribution in [0.4, 0.5) is 0 Å². The zero-order valence-electron chi connectivity index (χ0n) is 21.0. The van der Waals surface area contributed by atoms with Crippen molar-refractivity contribution in [1.82, 2.24) is 4.90 Å². The van der Waals surface area contributed by atoms with Crippen molar-refractivity contribution < 1.29 is 38.8 Å². The van der Waals surface area contributed by atoms with Gasteiger partial charge in [-0.25, -0.2) is 9.59 Å². The van der Waals surface area contributed by atoms with E-state index in [2.05, 4.69) is 4.90 Å². The highest BCUT2D eigenvalue weighted by molar-refractivity contribution is 6.33. The van der Waals surface area contributed by atoms with Crippen molar-refractivity contribution in [2.24, 2.45) is 0 Å². The van der Waals surface area contributed by atoms with Gasteiger partial charge < -0.3 is 34.1 Å². The largest absolute Gasteiger partial charge is 0.496 e. The molecule has 0 unspecified atom stereocenters. The summed E-state index contributed by atoms with van der Waals surface area (Å²) in [4.78, 5) is 34.4. The number of aliphatic hydroxyl groups is 1. The maximum absolute atomic E-state index is 13.2. The molecular formula is C27H28ClNO9. The van der Waals surface area contributed by atoms with Gasteiger partial charge >= 0.3 is 11.9 Å². The number of ether oxygens (including phenoxy) is 2. The number of halogens is 1. The minimum Gasteiger partial charge on any atom is -0.496 e. The Morgan fingerprint density at radius 1 is 1.11 bits per heavy atom. The zero-order valence-corrected chi connectivity index (χ0v) is 21.8. The summed E-state index contributed by atoms with van der Waals surface area (Å²) >= 11 is 6.36. The molecular weight excluding hydrogens is 518 g/mol. The Balaban J connectivity index is 0.000000436. The van der Waals surface area contributed by atoms with Crippen molar-refractivity contribution >= 4 is 34.5 Å². The lowest BCUT2D eigenvalue weighted by molar-refractivity contribution is -0.134. The Morgan fingerprint density at radius 2 is 1.74 bits per heavy atom. The van der Waals surface area contributed by atoms with Crippen LogP contribution in [0.2, 0.25) is 5.02 Å². The second-order valence-corrected chi connectivity index (χ2v) is 8.90. The minimum absolute atomic E-state index is 0.00766. The third-order valence-electron chi connectivity index (χ3n) is 6.30. The first-order valence-electron chi connectivity index (χ1n) is 11.6. The number of fused-ring (bicyclic) bond motifs is 1. The van der Waals surface area contributed by atoms with E-state index in [-0.39, 0.29) is 24.0 Å². The molecule has 2 aromatic carbocycles. The number of hydrogen-bond donors (Lipinski definition) is 3. The lowest BCUT2D eigenvalue weighted by Crippen LogP contribution is -2.32. The van der Waals surface area contributed by atoms with Gasteiger partial charge in [-0.2, -0.15) is 0 Å². The summed E-state index contributed by atoms with van der Waals surface area (Å²) in [6.07, 6.45) is 1.92. The lowest BCUT2D eigenvalue weighted by atomic mass is 9.89. The first kappa shape index (κ1) is 28.7. The first-order chi connectivity index (χ1) is 18.1. The van der Waals surface area contributed by atoms with E-state index in [1.165, 1.54) is 13.2 Å². The number of likely N-dealkylation sites (N-methyl/N-ethyl adjacent to an activating group) is 1. The van der Waals surface area contributed by atoms with Gasteiger partial charge in [0.1, 0.15) is 28.2 Å². The second kappa shape index (κ2) is 12.6. The van der Waals surface area contributed by atoms with E-state index in [4.69, 9.17) is 35.7 Å². The molecule has 1 aliphatic heterocycles. The van der Waals surface area contributed by atoms with E-state index >= 15 is 0 Å². The zero-order chi connectivity index (χ0) is 28.0. The van der Waals surface area contributed by atoms with Gasteiger partial charge in [-0.1, -0.05) is 23.7 Å². The van der Waals surface area contributed by atoms with Crippen molar-refractivity contribution in [3.8, 4) is 22.8 Å². The minimum atomic E-state index is -1.26. The van der Waals surface area contributed by atoms with E-state index < -0.39 is 11.9 Å². The monoisotopic (exact) mass is 545 g/mol. The van der Waals surface area contributed by atoms with Gasteiger partial charge in [-0.05, 0) is 32.1 Å². The van der Waals surface area contributed by atoms with Gasteiger partial charge in [0.25, 0.3) is 0 Å². The number of hydrogen-bond acceptors (Lipinski definition) is 8. The maximum Gasteiger partial charge on any atom is 0.328 e. The van der Waals surface area contributed by atoms with Crippen LogP contribution in [0.3, 0.4) is 0 Å². The Morgan fingerprint density at radius 3 is 2.29 bits per heavy atom. The molecule has 2 atom stereocenters. The van der Waals surface area contributed by atoms with Crippen molar-refractivity contribution in [2.75, 3.05) is 34.4 Å². The molecule has 10 nitrogen and oxygen atoms in total. The van der Waals surface area contributed by atoms with E-state index in [1.807, 2.05) is 25.2 Å². The molecule has 2 heterocycles. The van der Waals surface area contributed by atoms with Crippen molar-refractivity contribution in [2.45, 2.75) is 18.4 Å². The topological polar surface area (TPSA) is 147 Å². The Hall–Kier alpha value is -3.86. The molecule has 202 valence electrons. The van der Waals surface area contributed by atoms with Gasteiger partial charge in [0.05, 0.1) is 25.8 Å². The molecule has 0 saturated carbocycles. The Bertz CT molecular complexity index is 1400. The van der Waals surface area contributed by atoms with Crippen LogP contribution >= 0.6 is 11.6 Å². The van der Waals surface area contributed by atoms with Gasteiger partial charge in [-0.3, -0.25) is 4.79 Å². The number of aliphatic hydroxyl groups excluding tert-OH is 1. The molecule has 3 N–H and O–H groups in total. The fourth-order valence-corrected chi connectivity index (χ4v) is 4.76. The van der Waals surface area contributed by atoms with Crippen molar-refractivity contribution in [1.29, 1.82) is 0 Å². The predicted octanol–water partition coefficient (Wildman–Crippen LogP) is 3.62. The molecule has 4 rings (SSSR count). The summed E-state index contributed by atoms with van der Waals surface area (Å²) < 4.78 is 17.5. The van der Waals surface area contributed by atoms with Crippen LogP contribution in [0.25, 0.3) is 22.3 Å². The summed E-state index contributed by atoms with van der Waals surface area (Å²) in [5, 5.41) is 26.5. The second-order valence-electron chi connectivity index (χ2n) is 8.49. The van der Waals surface area contributed by atoms with Crippen molar-refractivity contribution in [3.05, 3.63) is 69.4 Å². The molecule has 38 heavy (non-hydrogen) atoms. The van der Waals surface area contributed by atoms with E-state index in [0.717, 1.165) is 18.5 Å². The van der Waals surface area contributed by atoms with Crippen LogP contribution in [-0.2, 0) is 9.59 Å². The standard InChI is InChI=1S/C23H24ClNO5.C4H4O4/c1-25-9-8-14(16(25)12-26)21-19(28-2)11-20(29-3)22-17(27)10-18(30-23(21)22)13-6-4-5-7-15(13)24;5-3(6)1-2-4(7)8/h4-7,10-11,14,16,26H,8-9,12H2,1-3H3;1-2H,(H,5,6)(H,7,8)/t14-,16+;/m1./s1. The number of benzene rings is 2. The Kier molecular flexibility index (Phi) is 9.51. The molecule has 1 saturated heterocycles. The summed E-state index contributed by atoms with van der Waals surface area (Å²) in [5.41, 5.74) is 1.59. The highest BCUT2D eigenvalue weighted by atomic mass is 35.5. The van der Waals surface area contributed by atoms with E-state index in [1.54, 1.807) is 19.2 Å². The lowest BCUT2D eigenvalue weighted by Gasteiger charge is -2.25. The molecule has 0 aliphatic carbocycles. The third-order valence-corrected chi connectivity index (χ3v) is 6.62. The highest BCUT2D eigenvalue weighted by Gasteiger charge is 2.37. The molecule has 3 aromatic rings. The fourth-order valence-electron chi connectivity index (χ4n) is 4.53. The number of nitrogens with zero attached hydrogens (tertiary/aromatic N) is 1. The van der Waals surface area contributed by atoms with E-state index in [0.29, 0.717) is 51.0 Å². The van der Waals surface area contributed by atoms with Gasteiger partial charge in [0.15, 0.2) is 5.43 Å². The van der Waals surface area contributed by atoms with Gasteiger partial charge in [0.2, 0.25) is 0 Å². The van der Waals surface area contributed by atoms with Crippen LogP contribution < -0.4 is 14.9 Å². The number of rotatable bonds is 7. The van der Waals surface area contributed by atoms with Crippen LogP contribution in [0.15, 0.2) is 57.8 Å². The molecule has 0 radical (unpaired) electrons. The number of carboxylic acid groups (broad SMARTS) is 2. The third kappa shape index (κ3) is 6.16. The fraction of sp³-hybridized carbons (Fsp3) is 0.296. The van der Waals surface area contributed by atoms with Gasteiger partial charge in [0, 0.05) is 47.4 Å². The summed E-state index contributed by atoms with van der Waals surface area (Å²) in [7, 11) is 5.06. The quantitative estimate of drug-likeness (QED) is 0.376. The summed E-state index contributed by atoms with van der Waals surface area (Å²) in [5.74, 6) is -1.25. The average molecular weight is 546 g/mol. The molecule has 0 bridgehead atoms. The average Bonchev–Trinajstić information content (AvgIpc) is 3.26. The van der Waals surface area contributed by atoms with Crippen LogP contribution in [0.1, 0.15) is 17.9 Å².